The average Bonchev–Trinajstić information content (AvgIpc) is 2.93. The van der Waals surface area contributed by atoms with E-state index in [2.05, 4.69) is 12.6 Å². The number of para-hydroxylation sites is 1. The molecule has 0 bridgehead atoms. The summed E-state index contributed by atoms with van der Waals surface area (Å²) < 4.78 is 30.5. The fraction of sp³-hybridized carbons (Fsp3) is 0.321. The van der Waals surface area contributed by atoms with Crippen molar-refractivity contribution in [2.45, 2.75) is 43.1 Å². The Balaban J connectivity index is 1.56. The van der Waals surface area contributed by atoms with Crippen LogP contribution < -0.4 is 4.74 Å². The van der Waals surface area contributed by atoms with Gasteiger partial charge in [-0.1, -0.05) is 78.9 Å². The van der Waals surface area contributed by atoms with Gasteiger partial charge in [0.05, 0.1) is 13.2 Å². The Labute approximate surface area is 221 Å². The van der Waals surface area contributed by atoms with E-state index in [1.165, 1.54) is 0 Å². The molecule has 3 aromatic rings. The van der Waals surface area contributed by atoms with Crippen LogP contribution in [0.2, 0.25) is 0 Å². The highest BCUT2D eigenvalue weighted by Gasteiger charge is 2.49. The first-order valence-corrected chi connectivity index (χ1v) is 12.8. The second-order valence-electron chi connectivity index (χ2n) is 8.30. The van der Waals surface area contributed by atoms with Gasteiger partial charge in [0.15, 0.2) is 6.10 Å². The molecule has 190 valence electrons. The lowest BCUT2D eigenvalue weighted by molar-refractivity contribution is -0.243. The molecule has 6 nitrogen and oxygen atoms in total. The van der Waals surface area contributed by atoms with E-state index in [0.29, 0.717) is 19.0 Å². The number of alkyl halides is 1. The van der Waals surface area contributed by atoms with Gasteiger partial charge in [0, 0.05) is 0 Å². The number of hydrogen-bond donors (Lipinski definition) is 1. The average molecular weight is 529 g/mol. The van der Waals surface area contributed by atoms with E-state index >= 15 is 0 Å². The largest absolute Gasteiger partial charge is 0.491 e. The zero-order valence-electron chi connectivity index (χ0n) is 19.7. The predicted molar refractivity (Wildman–Crippen MR) is 140 cm³/mol. The maximum atomic E-state index is 12.3. The van der Waals surface area contributed by atoms with Crippen molar-refractivity contribution < 1.29 is 28.5 Å². The number of rotatable bonds is 11. The molecule has 1 aliphatic rings. The maximum Gasteiger partial charge on any atom is 0.321 e. The van der Waals surface area contributed by atoms with Gasteiger partial charge < -0.3 is 23.7 Å². The van der Waals surface area contributed by atoms with E-state index in [4.69, 9.17) is 35.3 Å². The number of ether oxygens (including phenoxy) is 5. The summed E-state index contributed by atoms with van der Waals surface area (Å²) in [6.07, 6.45) is -2.79. The third-order valence-corrected chi connectivity index (χ3v) is 6.35. The molecular weight excluding hydrogens is 500 g/mol. The van der Waals surface area contributed by atoms with Crippen LogP contribution in [0, 0.1) is 0 Å². The molecule has 1 fully saturated rings. The molecule has 1 heterocycles. The molecule has 0 radical (unpaired) electrons. The molecular formula is C28H29ClO6S. The SMILES string of the molecule is O=C(CCl)O[C@H]1[C@H](OCc2ccccc2)[C@@H](OCc2ccccc2)[C@H](S)O[C@@H]1COc1ccccc1. The number of carbonyl (C=O) groups excluding carboxylic acids is 1. The number of benzene rings is 3. The molecule has 36 heavy (non-hydrogen) atoms. The summed E-state index contributed by atoms with van der Waals surface area (Å²) in [5.74, 6) is -0.209. The van der Waals surface area contributed by atoms with E-state index in [0.717, 1.165) is 11.1 Å². The molecule has 0 aromatic heterocycles. The lowest BCUT2D eigenvalue weighted by Crippen LogP contribution is -2.60. The van der Waals surface area contributed by atoms with E-state index in [1.807, 2.05) is 91.0 Å². The summed E-state index contributed by atoms with van der Waals surface area (Å²) in [6, 6.07) is 28.9. The van der Waals surface area contributed by atoms with Crippen molar-refractivity contribution in [3.8, 4) is 5.75 Å². The van der Waals surface area contributed by atoms with Crippen molar-refractivity contribution in [2.24, 2.45) is 0 Å². The molecule has 0 saturated carbocycles. The Morgan fingerprint density at radius 2 is 1.31 bits per heavy atom. The van der Waals surface area contributed by atoms with Crippen molar-refractivity contribution in [3.05, 3.63) is 102 Å². The first-order chi connectivity index (χ1) is 17.6. The summed E-state index contributed by atoms with van der Waals surface area (Å²) in [6.45, 7) is 0.731. The molecule has 0 amide bonds. The van der Waals surface area contributed by atoms with Gasteiger partial charge in [-0.3, -0.25) is 4.79 Å². The van der Waals surface area contributed by atoms with Gasteiger partial charge >= 0.3 is 5.97 Å². The Morgan fingerprint density at radius 3 is 1.86 bits per heavy atom. The number of hydrogen-bond acceptors (Lipinski definition) is 7. The number of esters is 1. The molecule has 5 atom stereocenters. The van der Waals surface area contributed by atoms with Crippen molar-refractivity contribution in [2.75, 3.05) is 12.5 Å². The zero-order valence-corrected chi connectivity index (χ0v) is 21.3. The Kier molecular flexibility index (Phi) is 10.1. The maximum absolute atomic E-state index is 12.3. The van der Waals surface area contributed by atoms with Gasteiger partial charge in [-0.15, -0.1) is 24.2 Å². The van der Waals surface area contributed by atoms with Gasteiger partial charge in [-0.05, 0) is 23.3 Å². The number of carbonyl (C=O) groups is 1. The second-order valence-corrected chi connectivity index (χ2v) is 9.08. The Bertz CT molecular complexity index is 1060. The lowest BCUT2D eigenvalue weighted by Gasteiger charge is -2.44. The molecule has 0 unspecified atom stereocenters. The zero-order chi connectivity index (χ0) is 25.2. The minimum Gasteiger partial charge on any atom is -0.491 e. The molecule has 8 heteroatoms. The Hall–Kier alpha value is -2.55. The summed E-state index contributed by atoms with van der Waals surface area (Å²) in [4.78, 5) is 12.3. The van der Waals surface area contributed by atoms with Crippen LogP contribution in [0.5, 0.6) is 5.75 Å². The number of thiol groups is 1. The highest BCUT2D eigenvalue weighted by atomic mass is 35.5. The summed E-state index contributed by atoms with van der Waals surface area (Å²) in [7, 11) is 0. The second kappa shape index (κ2) is 13.7. The minimum absolute atomic E-state index is 0.123. The van der Waals surface area contributed by atoms with Crippen molar-refractivity contribution in [1.29, 1.82) is 0 Å². The highest BCUT2D eigenvalue weighted by molar-refractivity contribution is 7.80. The first kappa shape index (κ1) is 26.5. The van der Waals surface area contributed by atoms with Crippen molar-refractivity contribution >= 4 is 30.2 Å². The highest BCUT2D eigenvalue weighted by Crippen LogP contribution is 2.32. The normalized spacial score (nSPS) is 23.7. The van der Waals surface area contributed by atoms with Gasteiger partial charge in [0.2, 0.25) is 0 Å². The summed E-state index contributed by atoms with van der Waals surface area (Å²) >= 11 is 10.5. The van der Waals surface area contributed by atoms with E-state index in [-0.39, 0.29) is 12.5 Å². The fourth-order valence-electron chi connectivity index (χ4n) is 3.95. The van der Waals surface area contributed by atoms with Crippen molar-refractivity contribution in [1.82, 2.24) is 0 Å². The molecule has 0 N–H and O–H groups in total. The minimum atomic E-state index is -0.826. The Morgan fingerprint density at radius 1 is 0.778 bits per heavy atom. The van der Waals surface area contributed by atoms with Crippen LogP contribution in [0.4, 0.5) is 0 Å². The lowest BCUT2D eigenvalue weighted by atomic mass is 9.99. The smallest absolute Gasteiger partial charge is 0.321 e. The van der Waals surface area contributed by atoms with Crippen LogP contribution in [-0.2, 0) is 37.0 Å². The monoisotopic (exact) mass is 528 g/mol. The third-order valence-electron chi connectivity index (χ3n) is 5.71. The van der Waals surface area contributed by atoms with Gasteiger partial charge in [0.1, 0.15) is 42.0 Å². The molecule has 0 aliphatic carbocycles. The van der Waals surface area contributed by atoms with Crippen LogP contribution in [0.15, 0.2) is 91.0 Å². The quantitative estimate of drug-likeness (QED) is 0.214. The van der Waals surface area contributed by atoms with Gasteiger partial charge in [-0.2, -0.15) is 0 Å². The third kappa shape index (κ3) is 7.48. The number of halogens is 1. The van der Waals surface area contributed by atoms with Crippen LogP contribution in [0.3, 0.4) is 0 Å². The van der Waals surface area contributed by atoms with E-state index in [9.17, 15) is 4.79 Å². The molecule has 1 saturated heterocycles. The molecule has 3 aromatic carbocycles. The summed E-state index contributed by atoms with van der Waals surface area (Å²) in [5, 5.41) is 0. The molecule has 0 spiro atoms. The van der Waals surface area contributed by atoms with E-state index < -0.39 is 35.8 Å². The van der Waals surface area contributed by atoms with Crippen LogP contribution in [-0.4, -0.2) is 48.3 Å². The summed E-state index contributed by atoms with van der Waals surface area (Å²) in [5.41, 5.74) is 1.31. The fourth-order valence-corrected chi connectivity index (χ4v) is 4.43. The van der Waals surface area contributed by atoms with Gasteiger partial charge in [-0.25, -0.2) is 0 Å². The molecule has 1 aliphatic heterocycles. The van der Waals surface area contributed by atoms with Gasteiger partial charge in [0.25, 0.3) is 0 Å². The standard InChI is InChI=1S/C28H29ClO6S/c29-16-24(30)35-25-23(19-31-22-14-8-3-9-15-22)34-28(36)27(33-18-21-12-6-2-7-13-21)26(25)32-17-20-10-4-1-5-11-20/h1-15,23,25-28,36H,16-19H2/t23-,25-,26+,27-,28+/m1/s1. The first-order valence-electron chi connectivity index (χ1n) is 11.7. The van der Waals surface area contributed by atoms with E-state index in [1.54, 1.807) is 0 Å². The van der Waals surface area contributed by atoms with Crippen LogP contribution >= 0.6 is 24.2 Å². The topological polar surface area (TPSA) is 63.2 Å². The van der Waals surface area contributed by atoms with Crippen LogP contribution in [0.25, 0.3) is 0 Å². The van der Waals surface area contributed by atoms with Crippen molar-refractivity contribution in [3.63, 3.8) is 0 Å². The van der Waals surface area contributed by atoms with Crippen LogP contribution in [0.1, 0.15) is 11.1 Å². The predicted octanol–water partition coefficient (Wildman–Crippen LogP) is 5.04. The molecule has 4 rings (SSSR count).